The van der Waals surface area contributed by atoms with Crippen LogP contribution < -0.4 is 15.4 Å². The number of hydrogen-bond donors (Lipinski definition) is 2. The second-order valence-corrected chi connectivity index (χ2v) is 6.72. The van der Waals surface area contributed by atoms with Gasteiger partial charge in [-0.05, 0) is 44.0 Å². The van der Waals surface area contributed by atoms with Crippen LogP contribution in [0.3, 0.4) is 0 Å². The highest BCUT2D eigenvalue weighted by Gasteiger charge is 2.06. The zero-order valence-corrected chi connectivity index (χ0v) is 20.0. The van der Waals surface area contributed by atoms with Crippen molar-refractivity contribution in [3.63, 3.8) is 0 Å². The lowest BCUT2D eigenvalue weighted by atomic mass is 10.1. The topological polar surface area (TPSA) is 71.7 Å². The number of aromatic nitrogens is 1. The first-order valence-electron chi connectivity index (χ1n) is 9.85. The summed E-state index contributed by atoms with van der Waals surface area (Å²) in [6.45, 7) is 8.26. The van der Waals surface area contributed by atoms with Crippen LogP contribution in [-0.2, 0) is 19.7 Å². The summed E-state index contributed by atoms with van der Waals surface area (Å²) in [5.41, 5.74) is 3.16. The van der Waals surface area contributed by atoms with Crippen molar-refractivity contribution < 1.29 is 9.15 Å². The molecule has 3 rings (SSSR count). The van der Waals surface area contributed by atoms with E-state index in [1.54, 1.807) is 0 Å². The van der Waals surface area contributed by atoms with E-state index < -0.39 is 0 Å². The van der Waals surface area contributed by atoms with E-state index in [1.807, 2.05) is 57.2 Å². The van der Waals surface area contributed by atoms with Gasteiger partial charge in [0, 0.05) is 6.54 Å². The minimum absolute atomic E-state index is 0. The Morgan fingerprint density at radius 3 is 2.50 bits per heavy atom. The van der Waals surface area contributed by atoms with Crippen molar-refractivity contribution in [2.45, 2.75) is 40.5 Å². The maximum absolute atomic E-state index is 5.83. The second-order valence-electron chi connectivity index (χ2n) is 6.72. The minimum atomic E-state index is 0. The SMILES string of the molecule is CCNC(=NCc1cccc(COc2ccccc2)c1)NCc1nc(C)c(C)o1.I. The quantitative estimate of drug-likeness (QED) is 0.255. The third-order valence-electron chi connectivity index (χ3n) is 4.38. The van der Waals surface area contributed by atoms with Crippen LogP contribution in [0, 0.1) is 13.8 Å². The van der Waals surface area contributed by atoms with E-state index in [2.05, 4.69) is 38.8 Å². The molecule has 3 aromatic rings. The van der Waals surface area contributed by atoms with Crippen LogP contribution in [0.4, 0.5) is 0 Å². The largest absolute Gasteiger partial charge is 0.489 e. The molecule has 30 heavy (non-hydrogen) atoms. The number of rotatable bonds is 8. The van der Waals surface area contributed by atoms with Crippen molar-refractivity contribution in [1.82, 2.24) is 15.6 Å². The van der Waals surface area contributed by atoms with Gasteiger partial charge in [0.25, 0.3) is 0 Å². The van der Waals surface area contributed by atoms with Crippen molar-refractivity contribution in [1.29, 1.82) is 0 Å². The Labute approximate surface area is 195 Å². The third-order valence-corrected chi connectivity index (χ3v) is 4.38. The summed E-state index contributed by atoms with van der Waals surface area (Å²) < 4.78 is 11.4. The maximum Gasteiger partial charge on any atom is 0.214 e. The molecule has 0 atom stereocenters. The highest BCUT2D eigenvalue weighted by atomic mass is 127. The van der Waals surface area contributed by atoms with Crippen molar-refractivity contribution in [3.05, 3.63) is 83.1 Å². The van der Waals surface area contributed by atoms with Gasteiger partial charge >= 0.3 is 0 Å². The summed E-state index contributed by atoms with van der Waals surface area (Å²) in [5.74, 6) is 3.10. The first kappa shape index (κ1) is 23.7. The zero-order valence-electron chi connectivity index (χ0n) is 17.6. The fourth-order valence-corrected chi connectivity index (χ4v) is 2.79. The molecule has 0 aliphatic heterocycles. The number of hydrogen-bond acceptors (Lipinski definition) is 4. The fourth-order valence-electron chi connectivity index (χ4n) is 2.79. The number of aliphatic imine (C=N–C) groups is 1. The van der Waals surface area contributed by atoms with Crippen LogP contribution in [0.2, 0.25) is 0 Å². The van der Waals surface area contributed by atoms with Gasteiger partial charge in [-0.3, -0.25) is 0 Å². The number of halogens is 1. The van der Waals surface area contributed by atoms with Crippen LogP contribution in [0.25, 0.3) is 0 Å². The molecule has 0 saturated heterocycles. The van der Waals surface area contributed by atoms with Gasteiger partial charge in [-0.25, -0.2) is 9.98 Å². The Morgan fingerprint density at radius 1 is 1.03 bits per heavy atom. The predicted molar refractivity (Wildman–Crippen MR) is 130 cm³/mol. The summed E-state index contributed by atoms with van der Waals surface area (Å²) in [4.78, 5) is 9.06. The first-order chi connectivity index (χ1) is 14.1. The van der Waals surface area contributed by atoms with Crippen molar-refractivity contribution >= 4 is 29.9 Å². The molecule has 7 heteroatoms. The van der Waals surface area contributed by atoms with E-state index in [1.165, 1.54) is 0 Å². The lowest BCUT2D eigenvalue weighted by Gasteiger charge is -2.10. The summed E-state index contributed by atoms with van der Waals surface area (Å²) in [7, 11) is 0. The molecule has 2 aromatic carbocycles. The number of oxazole rings is 1. The average Bonchev–Trinajstić information content (AvgIpc) is 3.07. The number of aryl methyl sites for hydroxylation is 2. The van der Waals surface area contributed by atoms with E-state index in [0.717, 1.165) is 40.8 Å². The molecule has 0 fully saturated rings. The number of guanidine groups is 1. The van der Waals surface area contributed by atoms with Crippen LogP contribution in [0.15, 0.2) is 64.0 Å². The number of nitrogens with one attached hydrogen (secondary N) is 2. The number of nitrogens with zero attached hydrogens (tertiary/aromatic N) is 2. The normalized spacial score (nSPS) is 11.0. The lowest BCUT2D eigenvalue weighted by Crippen LogP contribution is -2.36. The standard InChI is InChI=1S/C23H28N4O2.HI/c1-4-24-23(26-15-22-27-17(2)18(3)29-22)25-14-19-9-8-10-20(13-19)16-28-21-11-6-5-7-12-21;/h5-13H,4,14-16H2,1-3H3,(H2,24,25,26);1H. The van der Waals surface area contributed by atoms with Gasteiger partial charge < -0.3 is 19.8 Å². The van der Waals surface area contributed by atoms with E-state index in [0.29, 0.717) is 25.6 Å². The van der Waals surface area contributed by atoms with Gasteiger partial charge in [0.05, 0.1) is 18.8 Å². The average molecular weight is 520 g/mol. The lowest BCUT2D eigenvalue weighted by molar-refractivity contribution is 0.306. The molecular weight excluding hydrogens is 491 g/mol. The molecule has 6 nitrogen and oxygen atoms in total. The molecule has 0 saturated carbocycles. The van der Waals surface area contributed by atoms with Crippen LogP contribution in [-0.4, -0.2) is 17.5 Å². The summed E-state index contributed by atoms with van der Waals surface area (Å²) >= 11 is 0. The van der Waals surface area contributed by atoms with Crippen molar-refractivity contribution in [2.24, 2.45) is 4.99 Å². The Hall–Kier alpha value is -2.55. The summed E-state index contributed by atoms with van der Waals surface area (Å²) in [6, 6.07) is 18.1. The fraction of sp³-hybridized carbons (Fsp3) is 0.304. The molecule has 2 N–H and O–H groups in total. The molecule has 0 aliphatic rings. The number of ether oxygens (including phenoxy) is 1. The van der Waals surface area contributed by atoms with Crippen LogP contribution >= 0.6 is 24.0 Å². The van der Waals surface area contributed by atoms with Crippen LogP contribution in [0.1, 0.15) is 35.4 Å². The molecule has 0 unspecified atom stereocenters. The molecule has 0 bridgehead atoms. The molecular formula is C23H29IN4O2. The summed E-state index contributed by atoms with van der Waals surface area (Å²) in [5, 5.41) is 6.52. The smallest absolute Gasteiger partial charge is 0.214 e. The molecule has 160 valence electrons. The van der Waals surface area contributed by atoms with Crippen molar-refractivity contribution in [2.75, 3.05) is 6.54 Å². The van der Waals surface area contributed by atoms with Gasteiger partial charge in [0.15, 0.2) is 5.96 Å². The summed E-state index contributed by atoms with van der Waals surface area (Å²) in [6.07, 6.45) is 0. The molecule has 0 spiro atoms. The first-order valence-corrected chi connectivity index (χ1v) is 9.85. The molecule has 1 aromatic heterocycles. The monoisotopic (exact) mass is 520 g/mol. The van der Waals surface area contributed by atoms with Gasteiger partial charge in [-0.2, -0.15) is 0 Å². The Balaban J connectivity index is 0.00000320. The Kier molecular flexibility index (Phi) is 9.66. The van der Waals surface area contributed by atoms with Gasteiger partial charge in [-0.15, -0.1) is 24.0 Å². The van der Waals surface area contributed by atoms with Gasteiger partial charge in [0.2, 0.25) is 5.89 Å². The second kappa shape index (κ2) is 12.2. The predicted octanol–water partition coefficient (Wildman–Crippen LogP) is 4.74. The van der Waals surface area contributed by atoms with E-state index >= 15 is 0 Å². The van der Waals surface area contributed by atoms with E-state index in [4.69, 9.17) is 9.15 Å². The van der Waals surface area contributed by atoms with Gasteiger partial charge in [0.1, 0.15) is 18.1 Å². The van der Waals surface area contributed by atoms with Gasteiger partial charge in [-0.1, -0.05) is 42.5 Å². The molecule has 0 aliphatic carbocycles. The molecule has 1 heterocycles. The van der Waals surface area contributed by atoms with Crippen molar-refractivity contribution in [3.8, 4) is 5.75 Å². The zero-order chi connectivity index (χ0) is 20.5. The highest BCUT2D eigenvalue weighted by molar-refractivity contribution is 14.0. The molecule has 0 amide bonds. The van der Waals surface area contributed by atoms with E-state index in [9.17, 15) is 0 Å². The van der Waals surface area contributed by atoms with E-state index in [-0.39, 0.29) is 24.0 Å². The minimum Gasteiger partial charge on any atom is -0.489 e. The molecule has 0 radical (unpaired) electrons. The maximum atomic E-state index is 5.83. The Bertz CT molecular complexity index is 922. The van der Waals surface area contributed by atoms with Crippen LogP contribution in [0.5, 0.6) is 5.75 Å². The highest BCUT2D eigenvalue weighted by Crippen LogP contribution is 2.13. The Morgan fingerprint density at radius 2 is 1.80 bits per heavy atom. The third kappa shape index (κ3) is 7.37. The number of para-hydroxylation sites is 1. The number of benzene rings is 2.